The third kappa shape index (κ3) is 3.71. The molecule has 0 aromatic carbocycles. The van der Waals surface area contributed by atoms with E-state index >= 15 is 0 Å². The second-order valence-corrected chi connectivity index (χ2v) is 6.44. The van der Waals surface area contributed by atoms with Gasteiger partial charge in [-0.3, -0.25) is 9.78 Å². The number of allylic oxidation sites excluding steroid dienone is 1. The van der Waals surface area contributed by atoms with Crippen molar-refractivity contribution >= 4 is 17.5 Å². The highest BCUT2D eigenvalue weighted by atomic mass is 32.2. The summed E-state index contributed by atoms with van der Waals surface area (Å²) < 4.78 is 7.65. The number of carbonyl (C=O) groups excluding carboxylic acids is 1. The van der Waals surface area contributed by atoms with Crippen LogP contribution >= 0.6 is 11.8 Å². The third-order valence-corrected chi connectivity index (χ3v) is 4.65. The molecule has 0 spiro atoms. The van der Waals surface area contributed by atoms with Crippen molar-refractivity contribution in [1.82, 2.24) is 19.7 Å². The minimum absolute atomic E-state index is 0.0366. The normalized spacial score (nSPS) is 10.8. The number of Topliss-reactive ketones (excluding diaryl/α,β-unsaturated/α-hetero) is 1. The van der Waals surface area contributed by atoms with E-state index in [2.05, 4.69) is 26.3 Å². The lowest BCUT2D eigenvalue weighted by Crippen LogP contribution is -2.06. The van der Waals surface area contributed by atoms with E-state index in [4.69, 9.17) is 4.42 Å². The lowest BCUT2D eigenvalue weighted by atomic mass is 10.2. The minimum Gasteiger partial charge on any atom is -0.411 e. The Morgan fingerprint density at radius 2 is 2.24 bits per heavy atom. The van der Waals surface area contributed by atoms with Crippen LogP contribution in [0.1, 0.15) is 21.7 Å². The second kappa shape index (κ2) is 7.48. The second-order valence-electron chi connectivity index (χ2n) is 5.51. The molecule has 0 fully saturated rings. The van der Waals surface area contributed by atoms with Gasteiger partial charge in [0.25, 0.3) is 5.22 Å². The van der Waals surface area contributed by atoms with Gasteiger partial charge in [0.2, 0.25) is 5.89 Å². The number of aromatic nitrogens is 4. The van der Waals surface area contributed by atoms with E-state index in [9.17, 15) is 4.79 Å². The number of nitrogens with zero attached hydrogens (tertiary/aromatic N) is 4. The molecular formula is C18H18N4O2S. The molecule has 0 saturated carbocycles. The van der Waals surface area contributed by atoms with Crippen molar-refractivity contribution in [3.8, 4) is 11.5 Å². The summed E-state index contributed by atoms with van der Waals surface area (Å²) in [4.78, 5) is 16.5. The molecule has 0 aliphatic rings. The summed E-state index contributed by atoms with van der Waals surface area (Å²) >= 11 is 1.24. The highest BCUT2D eigenvalue weighted by Crippen LogP contribution is 2.24. The molecule has 0 saturated heterocycles. The van der Waals surface area contributed by atoms with E-state index in [0.29, 0.717) is 17.7 Å². The van der Waals surface area contributed by atoms with E-state index in [1.165, 1.54) is 11.8 Å². The summed E-state index contributed by atoms with van der Waals surface area (Å²) in [7, 11) is 0. The average Bonchev–Trinajstić information content (AvgIpc) is 3.21. The summed E-state index contributed by atoms with van der Waals surface area (Å²) in [6, 6.07) is 5.56. The van der Waals surface area contributed by atoms with Gasteiger partial charge in [-0.15, -0.1) is 16.8 Å². The number of carbonyl (C=O) groups is 1. The SMILES string of the molecule is C=CCn1c(C)cc(C(=O)CSc2nnc(-c3cccnc3)o2)c1C. The van der Waals surface area contributed by atoms with Crippen molar-refractivity contribution in [2.24, 2.45) is 0 Å². The summed E-state index contributed by atoms with van der Waals surface area (Å²) in [5.41, 5.74) is 3.46. The van der Waals surface area contributed by atoms with Crippen LogP contribution in [0.15, 0.2) is 52.9 Å². The maximum absolute atomic E-state index is 12.5. The molecule has 0 aliphatic carbocycles. The zero-order valence-electron chi connectivity index (χ0n) is 14.1. The number of rotatable bonds is 7. The molecule has 0 atom stereocenters. The Morgan fingerprint density at radius 1 is 1.40 bits per heavy atom. The Kier molecular flexibility index (Phi) is 5.14. The predicted molar refractivity (Wildman–Crippen MR) is 96.7 cm³/mol. The number of thioether (sulfide) groups is 1. The summed E-state index contributed by atoms with van der Waals surface area (Å²) in [5.74, 6) is 0.675. The van der Waals surface area contributed by atoms with Gasteiger partial charge in [-0.1, -0.05) is 17.8 Å². The minimum atomic E-state index is 0.0366. The molecule has 0 bridgehead atoms. The molecule has 3 aromatic heterocycles. The van der Waals surface area contributed by atoms with Crippen LogP contribution in [0.4, 0.5) is 0 Å². The van der Waals surface area contributed by atoms with Crippen LogP contribution < -0.4 is 0 Å². The lowest BCUT2D eigenvalue weighted by Gasteiger charge is -2.05. The maximum atomic E-state index is 12.5. The molecule has 0 aliphatic heterocycles. The standard InChI is InChI=1S/C18H18N4O2S/c1-4-8-22-12(2)9-15(13(22)3)16(23)11-25-18-21-20-17(24-18)14-6-5-7-19-10-14/h4-7,9-10H,1,8,11H2,2-3H3. The van der Waals surface area contributed by atoms with Crippen LogP contribution in [-0.4, -0.2) is 31.3 Å². The lowest BCUT2D eigenvalue weighted by molar-refractivity contribution is 0.102. The molecular weight excluding hydrogens is 336 g/mol. The molecule has 6 nitrogen and oxygen atoms in total. The molecule has 0 N–H and O–H groups in total. The molecule has 7 heteroatoms. The first-order chi connectivity index (χ1) is 12.1. The zero-order valence-corrected chi connectivity index (χ0v) is 14.9. The Labute approximate surface area is 150 Å². The third-order valence-electron chi connectivity index (χ3n) is 3.83. The zero-order chi connectivity index (χ0) is 17.8. The fourth-order valence-corrected chi connectivity index (χ4v) is 3.22. The number of pyridine rings is 1. The number of ketones is 1. The molecule has 0 radical (unpaired) electrons. The molecule has 3 heterocycles. The van der Waals surface area contributed by atoms with Gasteiger partial charge >= 0.3 is 0 Å². The van der Waals surface area contributed by atoms with Crippen LogP contribution in [0.25, 0.3) is 11.5 Å². The van der Waals surface area contributed by atoms with Crippen molar-refractivity contribution in [2.45, 2.75) is 25.6 Å². The number of hydrogen-bond acceptors (Lipinski definition) is 6. The van der Waals surface area contributed by atoms with Crippen molar-refractivity contribution in [1.29, 1.82) is 0 Å². The molecule has 0 amide bonds. The van der Waals surface area contributed by atoms with Crippen LogP contribution in [0.2, 0.25) is 0 Å². The number of aryl methyl sites for hydroxylation is 1. The van der Waals surface area contributed by atoms with Gasteiger partial charge in [0.05, 0.1) is 11.3 Å². The Hall–Kier alpha value is -2.67. The predicted octanol–water partition coefficient (Wildman–Crippen LogP) is 3.71. The smallest absolute Gasteiger partial charge is 0.277 e. The molecule has 3 aromatic rings. The van der Waals surface area contributed by atoms with E-state index in [0.717, 1.165) is 22.5 Å². The van der Waals surface area contributed by atoms with E-state index in [1.54, 1.807) is 18.5 Å². The first kappa shape index (κ1) is 17.2. The Bertz CT molecular complexity index is 899. The van der Waals surface area contributed by atoms with Crippen LogP contribution in [0, 0.1) is 13.8 Å². The Morgan fingerprint density at radius 3 is 2.96 bits per heavy atom. The average molecular weight is 354 g/mol. The molecule has 0 unspecified atom stereocenters. The van der Waals surface area contributed by atoms with Gasteiger partial charge in [-0.2, -0.15) is 0 Å². The highest BCUT2D eigenvalue weighted by molar-refractivity contribution is 7.99. The molecule has 3 rings (SSSR count). The van der Waals surface area contributed by atoms with Gasteiger partial charge < -0.3 is 8.98 Å². The van der Waals surface area contributed by atoms with Gasteiger partial charge in [0.1, 0.15) is 0 Å². The van der Waals surface area contributed by atoms with Crippen molar-refractivity contribution in [3.63, 3.8) is 0 Å². The van der Waals surface area contributed by atoms with Gasteiger partial charge in [0, 0.05) is 35.9 Å². The van der Waals surface area contributed by atoms with Crippen LogP contribution in [0.3, 0.4) is 0 Å². The summed E-state index contributed by atoms with van der Waals surface area (Å²) in [5, 5.41) is 8.34. The highest BCUT2D eigenvalue weighted by Gasteiger charge is 2.17. The fraction of sp³-hybridized carbons (Fsp3) is 0.222. The van der Waals surface area contributed by atoms with Crippen molar-refractivity contribution < 1.29 is 9.21 Å². The summed E-state index contributed by atoms with van der Waals surface area (Å²) in [6.07, 6.45) is 5.15. The van der Waals surface area contributed by atoms with Crippen LogP contribution in [-0.2, 0) is 6.54 Å². The van der Waals surface area contributed by atoms with E-state index in [-0.39, 0.29) is 11.5 Å². The molecule has 25 heavy (non-hydrogen) atoms. The fourth-order valence-electron chi connectivity index (χ4n) is 2.57. The number of hydrogen-bond donors (Lipinski definition) is 0. The first-order valence-corrected chi connectivity index (χ1v) is 8.76. The monoisotopic (exact) mass is 354 g/mol. The molecule has 128 valence electrons. The van der Waals surface area contributed by atoms with Crippen LogP contribution in [0.5, 0.6) is 0 Å². The van der Waals surface area contributed by atoms with Gasteiger partial charge in [-0.25, -0.2) is 0 Å². The Balaban J connectivity index is 1.68. The largest absolute Gasteiger partial charge is 0.411 e. The van der Waals surface area contributed by atoms with E-state index < -0.39 is 0 Å². The quantitative estimate of drug-likeness (QED) is 0.366. The maximum Gasteiger partial charge on any atom is 0.277 e. The summed E-state index contributed by atoms with van der Waals surface area (Å²) in [6.45, 7) is 8.38. The topological polar surface area (TPSA) is 73.8 Å². The van der Waals surface area contributed by atoms with E-state index in [1.807, 2.05) is 32.1 Å². The van der Waals surface area contributed by atoms with Crippen molar-refractivity contribution in [2.75, 3.05) is 5.75 Å². The van der Waals surface area contributed by atoms with Gasteiger partial charge in [0.15, 0.2) is 5.78 Å². The van der Waals surface area contributed by atoms with Crippen molar-refractivity contribution in [3.05, 3.63) is 60.2 Å². The van der Waals surface area contributed by atoms with Gasteiger partial charge in [-0.05, 0) is 32.0 Å². The first-order valence-electron chi connectivity index (χ1n) is 7.77.